The van der Waals surface area contributed by atoms with E-state index in [1.165, 1.54) is 62.4 Å². The summed E-state index contributed by atoms with van der Waals surface area (Å²) in [6, 6.07) is 14.3. The number of rotatable bonds is 12. The molecule has 0 bridgehead atoms. The van der Waals surface area contributed by atoms with Gasteiger partial charge >= 0.3 is 0 Å². The zero-order chi connectivity index (χ0) is 30.3. The zero-order valence-electron chi connectivity index (χ0n) is 24.1. The largest absolute Gasteiger partial charge is 0.493 e. The predicted molar refractivity (Wildman–Crippen MR) is 155 cm³/mol. The van der Waals surface area contributed by atoms with Gasteiger partial charge in [0.15, 0.2) is 11.5 Å². The summed E-state index contributed by atoms with van der Waals surface area (Å²) in [7, 11) is -1.51. The van der Waals surface area contributed by atoms with Crippen LogP contribution in [0.2, 0.25) is 0 Å². The van der Waals surface area contributed by atoms with Gasteiger partial charge in [-0.15, -0.1) is 0 Å². The standard InChI is InChI=1S/C30H36FN3O6S/c1-7-32-30(36)22(4)33(18-23-10-8-9-11-26(23)31)29(35)19-34(24-15-20(2)14-21(3)16-24)41(37,38)25-12-13-27(39-5)28(17-25)40-6/h8-17,22H,7,18-19H2,1-6H3,(H,32,36)/t22-/m0/s1. The van der Waals surface area contributed by atoms with E-state index in [4.69, 9.17) is 9.47 Å². The van der Waals surface area contributed by atoms with Gasteiger partial charge in [-0.1, -0.05) is 24.3 Å². The van der Waals surface area contributed by atoms with Gasteiger partial charge < -0.3 is 19.7 Å². The van der Waals surface area contributed by atoms with Crippen LogP contribution in [0.25, 0.3) is 0 Å². The maximum Gasteiger partial charge on any atom is 0.264 e. The number of benzene rings is 3. The van der Waals surface area contributed by atoms with Crippen LogP contribution in [0.3, 0.4) is 0 Å². The quantitative estimate of drug-likeness (QED) is 0.342. The second kappa shape index (κ2) is 13.5. The summed E-state index contributed by atoms with van der Waals surface area (Å²) in [5, 5.41) is 2.68. The van der Waals surface area contributed by atoms with Crippen molar-refractivity contribution in [3.8, 4) is 11.5 Å². The molecule has 0 heterocycles. The fourth-order valence-corrected chi connectivity index (χ4v) is 5.86. The third kappa shape index (κ3) is 7.35. The van der Waals surface area contributed by atoms with Crippen molar-refractivity contribution < 1.29 is 31.9 Å². The van der Waals surface area contributed by atoms with Crippen molar-refractivity contribution in [2.75, 3.05) is 31.6 Å². The van der Waals surface area contributed by atoms with Crippen LogP contribution in [0.1, 0.15) is 30.5 Å². The molecule has 1 N–H and O–H groups in total. The number of hydrogen-bond acceptors (Lipinski definition) is 6. The number of carbonyl (C=O) groups excluding carboxylic acids is 2. The van der Waals surface area contributed by atoms with E-state index >= 15 is 0 Å². The maximum absolute atomic E-state index is 14.6. The number of amides is 2. The Kier molecular flexibility index (Phi) is 10.3. The Hall–Kier alpha value is -4.12. The van der Waals surface area contributed by atoms with Crippen molar-refractivity contribution in [3.63, 3.8) is 0 Å². The Morgan fingerprint density at radius 3 is 2.17 bits per heavy atom. The van der Waals surface area contributed by atoms with Crippen molar-refractivity contribution in [1.82, 2.24) is 10.2 Å². The maximum atomic E-state index is 14.6. The number of aryl methyl sites for hydroxylation is 2. The molecule has 220 valence electrons. The van der Waals surface area contributed by atoms with E-state index in [0.717, 1.165) is 15.4 Å². The molecule has 0 unspecified atom stereocenters. The number of ether oxygens (including phenoxy) is 2. The Labute approximate surface area is 240 Å². The number of carbonyl (C=O) groups is 2. The van der Waals surface area contributed by atoms with E-state index in [1.54, 1.807) is 25.1 Å². The highest BCUT2D eigenvalue weighted by Gasteiger charge is 2.33. The fraction of sp³-hybridized carbons (Fsp3) is 0.333. The molecule has 41 heavy (non-hydrogen) atoms. The van der Waals surface area contributed by atoms with E-state index in [9.17, 15) is 22.4 Å². The van der Waals surface area contributed by atoms with E-state index < -0.39 is 40.2 Å². The third-order valence-electron chi connectivity index (χ3n) is 6.53. The van der Waals surface area contributed by atoms with Gasteiger partial charge in [-0.05, 0) is 69.2 Å². The SMILES string of the molecule is CCNC(=O)[C@H](C)N(Cc1ccccc1F)C(=O)CN(c1cc(C)cc(C)c1)S(=O)(=O)c1ccc(OC)c(OC)c1. The van der Waals surface area contributed by atoms with Gasteiger partial charge in [0.25, 0.3) is 10.0 Å². The highest BCUT2D eigenvalue weighted by atomic mass is 32.2. The number of nitrogens with zero attached hydrogens (tertiary/aromatic N) is 2. The average molecular weight is 586 g/mol. The molecule has 0 spiro atoms. The summed E-state index contributed by atoms with van der Waals surface area (Å²) in [4.78, 5) is 27.8. The number of nitrogens with one attached hydrogen (secondary N) is 1. The molecule has 0 aromatic heterocycles. The van der Waals surface area contributed by atoms with Crippen molar-refractivity contribution in [2.24, 2.45) is 0 Å². The molecule has 3 aromatic rings. The van der Waals surface area contributed by atoms with E-state index in [1.807, 2.05) is 19.9 Å². The van der Waals surface area contributed by atoms with Crippen LogP contribution in [0.5, 0.6) is 11.5 Å². The Bertz CT molecular complexity index is 1490. The van der Waals surface area contributed by atoms with Gasteiger partial charge in [0.1, 0.15) is 18.4 Å². The lowest BCUT2D eigenvalue weighted by Crippen LogP contribution is -2.51. The molecule has 0 saturated heterocycles. The lowest BCUT2D eigenvalue weighted by Gasteiger charge is -2.32. The van der Waals surface area contributed by atoms with Crippen LogP contribution in [0.4, 0.5) is 10.1 Å². The van der Waals surface area contributed by atoms with Crippen LogP contribution in [0.15, 0.2) is 65.6 Å². The van der Waals surface area contributed by atoms with Crippen LogP contribution in [0, 0.1) is 19.7 Å². The van der Waals surface area contributed by atoms with Crippen molar-refractivity contribution in [3.05, 3.63) is 83.2 Å². The number of hydrogen-bond donors (Lipinski definition) is 1. The number of sulfonamides is 1. The number of likely N-dealkylation sites (N-methyl/N-ethyl adjacent to an activating group) is 1. The first-order chi connectivity index (χ1) is 19.4. The van der Waals surface area contributed by atoms with Gasteiger partial charge in [0, 0.05) is 24.7 Å². The summed E-state index contributed by atoms with van der Waals surface area (Å²) in [6.07, 6.45) is 0. The molecular weight excluding hydrogens is 549 g/mol. The van der Waals surface area contributed by atoms with E-state index in [2.05, 4.69) is 5.32 Å². The Balaban J connectivity index is 2.12. The van der Waals surface area contributed by atoms with Gasteiger partial charge in [-0.2, -0.15) is 0 Å². The summed E-state index contributed by atoms with van der Waals surface area (Å²) in [5.74, 6) is -1.13. The minimum absolute atomic E-state index is 0.125. The van der Waals surface area contributed by atoms with Crippen LogP contribution in [-0.4, -0.2) is 58.5 Å². The smallest absolute Gasteiger partial charge is 0.264 e. The molecule has 0 fully saturated rings. The topological polar surface area (TPSA) is 105 Å². The molecule has 0 radical (unpaired) electrons. The molecule has 2 amide bonds. The molecule has 3 rings (SSSR count). The Morgan fingerprint density at radius 2 is 1.59 bits per heavy atom. The van der Waals surface area contributed by atoms with Crippen molar-refractivity contribution in [1.29, 1.82) is 0 Å². The average Bonchev–Trinajstić information content (AvgIpc) is 2.94. The predicted octanol–water partition coefficient (Wildman–Crippen LogP) is 4.21. The summed E-state index contributed by atoms with van der Waals surface area (Å²) < 4.78 is 54.4. The first-order valence-electron chi connectivity index (χ1n) is 13.1. The second-order valence-corrected chi connectivity index (χ2v) is 11.4. The third-order valence-corrected chi connectivity index (χ3v) is 8.30. The summed E-state index contributed by atoms with van der Waals surface area (Å²) in [6.45, 7) is 6.35. The van der Waals surface area contributed by atoms with Crippen molar-refractivity contribution >= 4 is 27.5 Å². The minimum Gasteiger partial charge on any atom is -0.493 e. The minimum atomic E-state index is -4.34. The highest BCUT2D eigenvalue weighted by Crippen LogP contribution is 2.33. The van der Waals surface area contributed by atoms with E-state index in [-0.39, 0.29) is 28.4 Å². The van der Waals surface area contributed by atoms with Crippen molar-refractivity contribution in [2.45, 2.75) is 45.2 Å². The fourth-order valence-electron chi connectivity index (χ4n) is 4.44. The van der Waals surface area contributed by atoms with E-state index in [0.29, 0.717) is 12.3 Å². The summed E-state index contributed by atoms with van der Waals surface area (Å²) in [5.41, 5.74) is 2.04. The van der Waals surface area contributed by atoms with Crippen LogP contribution < -0.4 is 19.1 Å². The van der Waals surface area contributed by atoms with Gasteiger partial charge in [0.05, 0.1) is 24.8 Å². The zero-order valence-corrected chi connectivity index (χ0v) is 24.9. The first kappa shape index (κ1) is 31.4. The Morgan fingerprint density at radius 1 is 0.951 bits per heavy atom. The van der Waals surface area contributed by atoms with Crippen LogP contribution >= 0.6 is 0 Å². The lowest BCUT2D eigenvalue weighted by atomic mass is 10.1. The molecular formula is C30H36FN3O6S. The molecule has 0 aliphatic heterocycles. The monoisotopic (exact) mass is 585 g/mol. The number of methoxy groups -OCH3 is 2. The van der Waals surface area contributed by atoms with Crippen LogP contribution in [-0.2, 0) is 26.2 Å². The lowest BCUT2D eigenvalue weighted by molar-refractivity contribution is -0.139. The first-order valence-corrected chi connectivity index (χ1v) is 14.5. The highest BCUT2D eigenvalue weighted by molar-refractivity contribution is 7.92. The molecule has 0 saturated carbocycles. The van der Waals surface area contributed by atoms with Gasteiger partial charge in [-0.3, -0.25) is 13.9 Å². The van der Waals surface area contributed by atoms with Gasteiger partial charge in [-0.25, -0.2) is 12.8 Å². The molecule has 11 heteroatoms. The normalized spacial score (nSPS) is 11.9. The molecule has 3 aromatic carbocycles. The molecule has 1 atom stereocenters. The van der Waals surface area contributed by atoms with Gasteiger partial charge in [0.2, 0.25) is 11.8 Å². The molecule has 9 nitrogen and oxygen atoms in total. The second-order valence-electron chi connectivity index (χ2n) is 9.56. The number of anilines is 1. The summed E-state index contributed by atoms with van der Waals surface area (Å²) >= 11 is 0. The molecule has 0 aliphatic carbocycles. The number of halogens is 1. The molecule has 0 aliphatic rings.